The third-order valence-corrected chi connectivity index (χ3v) is 3.40. The fourth-order valence-electron chi connectivity index (χ4n) is 2.02. The average molecular weight is 318 g/mol. The fraction of sp³-hybridized carbons (Fsp3) is 1.00. The van der Waals surface area contributed by atoms with E-state index in [0.29, 0.717) is 39.6 Å². The van der Waals surface area contributed by atoms with Gasteiger partial charge in [-0.1, -0.05) is 52.4 Å². The summed E-state index contributed by atoms with van der Waals surface area (Å²) in [6.45, 7) is 10.1. The molecule has 22 heavy (non-hydrogen) atoms. The lowest BCUT2D eigenvalue weighted by molar-refractivity contribution is -0.00246. The van der Waals surface area contributed by atoms with E-state index in [1.807, 2.05) is 0 Å². The SMILES string of the molecule is CCCCCCCOCCOCCOCCOCCCCC. The summed E-state index contributed by atoms with van der Waals surface area (Å²) < 4.78 is 21.9. The molecule has 4 heteroatoms. The fourth-order valence-corrected chi connectivity index (χ4v) is 2.02. The molecular formula is C18H38O4. The van der Waals surface area contributed by atoms with Crippen LogP contribution in [-0.4, -0.2) is 52.9 Å². The first-order valence-electron chi connectivity index (χ1n) is 9.22. The molecule has 0 bridgehead atoms. The minimum Gasteiger partial charge on any atom is -0.379 e. The van der Waals surface area contributed by atoms with Gasteiger partial charge in [0.2, 0.25) is 0 Å². The second-order valence-electron chi connectivity index (χ2n) is 5.57. The molecule has 0 rings (SSSR count). The lowest BCUT2D eigenvalue weighted by Gasteiger charge is -2.07. The second-order valence-corrected chi connectivity index (χ2v) is 5.57. The highest BCUT2D eigenvalue weighted by Crippen LogP contribution is 2.02. The van der Waals surface area contributed by atoms with E-state index in [0.717, 1.165) is 19.6 Å². The molecule has 0 fully saturated rings. The van der Waals surface area contributed by atoms with E-state index < -0.39 is 0 Å². The highest BCUT2D eigenvalue weighted by molar-refractivity contribution is 4.42. The number of hydrogen-bond donors (Lipinski definition) is 0. The summed E-state index contributed by atoms with van der Waals surface area (Å²) in [6.07, 6.45) is 10.0. The summed E-state index contributed by atoms with van der Waals surface area (Å²) in [5, 5.41) is 0. The Hall–Kier alpha value is -0.160. The first kappa shape index (κ1) is 21.8. The maximum Gasteiger partial charge on any atom is 0.0701 e. The smallest absolute Gasteiger partial charge is 0.0701 e. The van der Waals surface area contributed by atoms with Crippen molar-refractivity contribution in [3.05, 3.63) is 0 Å². The quantitative estimate of drug-likeness (QED) is 0.334. The van der Waals surface area contributed by atoms with Crippen LogP contribution in [0.3, 0.4) is 0 Å². The molecular weight excluding hydrogens is 280 g/mol. The van der Waals surface area contributed by atoms with Crippen LogP contribution in [-0.2, 0) is 18.9 Å². The van der Waals surface area contributed by atoms with Crippen molar-refractivity contribution in [1.29, 1.82) is 0 Å². The van der Waals surface area contributed by atoms with Gasteiger partial charge in [0.25, 0.3) is 0 Å². The van der Waals surface area contributed by atoms with Crippen LogP contribution >= 0.6 is 0 Å². The van der Waals surface area contributed by atoms with Gasteiger partial charge in [0.15, 0.2) is 0 Å². The number of rotatable bonds is 19. The van der Waals surface area contributed by atoms with Gasteiger partial charge in [-0.05, 0) is 12.8 Å². The number of unbranched alkanes of at least 4 members (excludes halogenated alkanes) is 6. The predicted octanol–water partition coefficient (Wildman–Crippen LogP) is 4.21. The molecule has 0 aliphatic carbocycles. The van der Waals surface area contributed by atoms with Crippen molar-refractivity contribution in [1.82, 2.24) is 0 Å². The van der Waals surface area contributed by atoms with Gasteiger partial charge < -0.3 is 18.9 Å². The lowest BCUT2D eigenvalue weighted by Crippen LogP contribution is -2.12. The Labute approximate surface area is 137 Å². The lowest BCUT2D eigenvalue weighted by atomic mass is 10.2. The number of ether oxygens (including phenoxy) is 4. The van der Waals surface area contributed by atoms with Crippen LogP contribution in [0.25, 0.3) is 0 Å². The van der Waals surface area contributed by atoms with E-state index in [1.165, 1.54) is 44.9 Å². The van der Waals surface area contributed by atoms with Crippen molar-refractivity contribution in [2.45, 2.75) is 65.2 Å². The minimum absolute atomic E-state index is 0.634. The van der Waals surface area contributed by atoms with Gasteiger partial charge in [-0.2, -0.15) is 0 Å². The van der Waals surface area contributed by atoms with Gasteiger partial charge in [0.05, 0.1) is 39.6 Å². The molecule has 0 heterocycles. The molecule has 0 aromatic carbocycles. The molecule has 0 radical (unpaired) electrons. The van der Waals surface area contributed by atoms with Crippen molar-refractivity contribution in [3.63, 3.8) is 0 Å². The summed E-state index contributed by atoms with van der Waals surface area (Å²) in [5.74, 6) is 0. The summed E-state index contributed by atoms with van der Waals surface area (Å²) in [7, 11) is 0. The van der Waals surface area contributed by atoms with Gasteiger partial charge in [0, 0.05) is 13.2 Å². The van der Waals surface area contributed by atoms with Crippen LogP contribution < -0.4 is 0 Å². The Balaban J connectivity index is 2.91. The van der Waals surface area contributed by atoms with E-state index in [1.54, 1.807) is 0 Å². The zero-order chi connectivity index (χ0) is 16.1. The summed E-state index contributed by atoms with van der Waals surface area (Å²) in [5.41, 5.74) is 0. The Morgan fingerprint density at radius 1 is 0.364 bits per heavy atom. The van der Waals surface area contributed by atoms with Crippen LogP contribution in [0.4, 0.5) is 0 Å². The van der Waals surface area contributed by atoms with Gasteiger partial charge in [0.1, 0.15) is 0 Å². The third-order valence-electron chi connectivity index (χ3n) is 3.40. The first-order chi connectivity index (χ1) is 10.9. The molecule has 4 nitrogen and oxygen atoms in total. The normalized spacial score (nSPS) is 11.2. The Bertz CT molecular complexity index is 168. The molecule has 0 aromatic rings. The van der Waals surface area contributed by atoms with Crippen molar-refractivity contribution in [3.8, 4) is 0 Å². The van der Waals surface area contributed by atoms with Crippen molar-refractivity contribution in [2.75, 3.05) is 52.9 Å². The van der Waals surface area contributed by atoms with Crippen LogP contribution in [0.15, 0.2) is 0 Å². The Morgan fingerprint density at radius 2 is 0.682 bits per heavy atom. The van der Waals surface area contributed by atoms with E-state index in [9.17, 15) is 0 Å². The van der Waals surface area contributed by atoms with Gasteiger partial charge in [-0.25, -0.2) is 0 Å². The van der Waals surface area contributed by atoms with E-state index >= 15 is 0 Å². The van der Waals surface area contributed by atoms with E-state index in [-0.39, 0.29) is 0 Å². The molecule has 0 amide bonds. The molecule has 0 saturated heterocycles. The molecule has 0 N–H and O–H groups in total. The van der Waals surface area contributed by atoms with E-state index in [2.05, 4.69) is 13.8 Å². The van der Waals surface area contributed by atoms with Crippen LogP contribution in [0.1, 0.15) is 65.2 Å². The van der Waals surface area contributed by atoms with Crippen LogP contribution in [0, 0.1) is 0 Å². The molecule has 0 atom stereocenters. The molecule has 0 saturated carbocycles. The maximum absolute atomic E-state index is 5.52. The second kappa shape index (κ2) is 20.8. The average Bonchev–Trinajstić information content (AvgIpc) is 2.54. The largest absolute Gasteiger partial charge is 0.379 e. The maximum atomic E-state index is 5.52. The molecule has 0 aliphatic heterocycles. The zero-order valence-corrected chi connectivity index (χ0v) is 14.9. The molecule has 134 valence electrons. The minimum atomic E-state index is 0.634. The van der Waals surface area contributed by atoms with Gasteiger partial charge in [-0.15, -0.1) is 0 Å². The predicted molar refractivity (Wildman–Crippen MR) is 91.6 cm³/mol. The Kier molecular flexibility index (Phi) is 20.7. The molecule has 0 spiro atoms. The third kappa shape index (κ3) is 19.8. The Morgan fingerprint density at radius 3 is 1.14 bits per heavy atom. The van der Waals surface area contributed by atoms with Crippen molar-refractivity contribution >= 4 is 0 Å². The summed E-state index contributed by atoms with van der Waals surface area (Å²) in [6, 6.07) is 0. The molecule has 0 aliphatic rings. The van der Waals surface area contributed by atoms with Gasteiger partial charge >= 0.3 is 0 Å². The first-order valence-corrected chi connectivity index (χ1v) is 9.22. The van der Waals surface area contributed by atoms with E-state index in [4.69, 9.17) is 18.9 Å². The molecule has 0 aromatic heterocycles. The zero-order valence-electron chi connectivity index (χ0n) is 14.9. The molecule has 0 unspecified atom stereocenters. The van der Waals surface area contributed by atoms with Crippen molar-refractivity contribution in [2.24, 2.45) is 0 Å². The summed E-state index contributed by atoms with van der Waals surface area (Å²) in [4.78, 5) is 0. The number of hydrogen-bond acceptors (Lipinski definition) is 4. The van der Waals surface area contributed by atoms with Crippen LogP contribution in [0.2, 0.25) is 0 Å². The monoisotopic (exact) mass is 318 g/mol. The standard InChI is InChI=1S/C18H38O4/c1-3-5-7-8-10-12-20-14-16-22-18-17-21-15-13-19-11-9-6-4-2/h3-18H2,1-2H3. The van der Waals surface area contributed by atoms with Gasteiger partial charge in [-0.3, -0.25) is 0 Å². The topological polar surface area (TPSA) is 36.9 Å². The van der Waals surface area contributed by atoms with Crippen molar-refractivity contribution < 1.29 is 18.9 Å². The highest BCUT2D eigenvalue weighted by atomic mass is 16.6. The summed E-state index contributed by atoms with van der Waals surface area (Å²) >= 11 is 0. The highest BCUT2D eigenvalue weighted by Gasteiger charge is 1.93. The van der Waals surface area contributed by atoms with Crippen LogP contribution in [0.5, 0.6) is 0 Å².